The molecule has 0 spiro atoms. The Hall–Kier alpha value is 0.722. The van der Waals surface area contributed by atoms with Crippen molar-refractivity contribution in [2.45, 2.75) is 0 Å². The summed E-state index contributed by atoms with van der Waals surface area (Å²) in [7, 11) is 7.48. The number of hydrogen-bond donors (Lipinski definition) is 2. The maximum absolute atomic E-state index is 9.61. The molecule has 0 aromatic heterocycles. The summed E-state index contributed by atoms with van der Waals surface area (Å²) in [6.45, 7) is 0. The van der Waals surface area contributed by atoms with Crippen LogP contribution in [0.3, 0.4) is 0 Å². The Morgan fingerprint density at radius 3 is 1.17 bits per heavy atom. The van der Waals surface area contributed by atoms with Crippen LogP contribution in [0.2, 0.25) is 0 Å². The topological polar surface area (TPSA) is 76.0 Å². The van der Waals surface area contributed by atoms with E-state index in [1.807, 2.05) is 0 Å². The van der Waals surface area contributed by atoms with Gasteiger partial charge in [-0.15, -0.1) is 0 Å². The third kappa shape index (κ3) is 45.4. The molecule has 64 valence electrons. The van der Waals surface area contributed by atoms with Gasteiger partial charge in [0.25, 0.3) is 0 Å². The molecule has 0 aliphatic rings. The molecule has 0 unspecified atom stereocenters. The van der Waals surface area contributed by atoms with Crippen LogP contribution in [0, 0.1) is 14.2 Å². The molecule has 0 aliphatic carbocycles. The van der Waals surface area contributed by atoms with E-state index in [2.05, 4.69) is 23.7 Å². The van der Waals surface area contributed by atoms with Crippen molar-refractivity contribution in [3.8, 4) is 0 Å². The number of carbonyl (C=O) groups is 1. The average Bonchev–Trinajstić information content (AvgIpc) is 2.10. The smallest absolute Gasteiger partial charge is 0.611 e. The Bertz CT molecular complexity index is 55.8. The summed E-state index contributed by atoms with van der Waals surface area (Å²) >= 11 is 0. The Labute approximate surface area is 105 Å². The molecule has 0 aliphatic heterocycles. The molecule has 0 bridgehead atoms. The van der Waals surface area contributed by atoms with E-state index in [1.165, 1.54) is 0 Å². The molecule has 5 nitrogen and oxygen atoms in total. The molecule has 0 amide bonds. The summed E-state index contributed by atoms with van der Waals surface area (Å²) in [5, 5.41) is 14.0. The molecule has 0 aromatic rings. The number of ether oxygens (including phenoxy) is 2. The molecule has 0 fully saturated rings. The van der Waals surface area contributed by atoms with Crippen molar-refractivity contribution in [1.82, 2.24) is 0 Å². The zero-order chi connectivity index (χ0) is 8.99. The van der Waals surface area contributed by atoms with Crippen LogP contribution in [-0.4, -0.2) is 76.7 Å². The number of rotatable bonds is 0. The van der Waals surface area contributed by atoms with Gasteiger partial charge in [-0.2, -0.15) is 14.2 Å². The van der Waals surface area contributed by atoms with Gasteiger partial charge < -0.3 is 19.7 Å². The van der Waals surface area contributed by atoms with E-state index < -0.39 is 6.16 Å². The first kappa shape index (κ1) is 29.3. The van der Waals surface area contributed by atoms with Gasteiger partial charge in [-0.05, 0) is 0 Å². The molecule has 7 heteroatoms. The van der Waals surface area contributed by atoms with Crippen molar-refractivity contribution >= 4 is 52.3 Å². The van der Waals surface area contributed by atoms with Crippen LogP contribution in [0.4, 0.5) is 4.79 Å². The van der Waals surface area contributed by atoms with Crippen LogP contribution in [0.1, 0.15) is 0 Å². The number of hydrogen-bond acceptors (Lipinski definition) is 5. The van der Waals surface area contributed by atoms with Gasteiger partial charge in [0.05, 0.1) is 0 Å². The van der Waals surface area contributed by atoms with Gasteiger partial charge in [-0.3, -0.25) is 0 Å². The Balaban J connectivity index is -0.0000000241. The average molecular weight is 201 g/mol. The van der Waals surface area contributed by atoms with Crippen LogP contribution < -0.4 is 0 Å². The number of aliphatic hydroxyl groups excluding tert-OH is 2. The fraction of sp³-hybridized carbons (Fsp3) is 0.400. The van der Waals surface area contributed by atoms with E-state index >= 15 is 0 Å². The van der Waals surface area contributed by atoms with E-state index in [9.17, 15) is 4.79 Å². The first-order chi connectivity index (χ1) is 4.81. The Morgan fingerprint density at radius 2 is 1.17 bits per heavy atom. The second-order valence-electron chi connectivity index (χ2n) is 0.539. The zero-order valence-corrected chi connectivity index (χ0v) is 10.3. The molecule has 0 radical (unpaired) electrons. The van der Waals surface area contributed by atoms with Crippen LogP contribution in [0.15, 0.2) is 0 Å². The molecule has 0 heterocycles. The predicted octanol–water partition coefficient (Wildman–Crippen LogP) is -0.822. The van der Waals surface area contributed by atoms with E-state index in [0.717, 1.165) is 14.2 Å². The zero-order valence-electron chi connectivity index (χ0n) is 7.45. The third-order valence-electron chi connectivity index (χ3n) is 0.236. The molecule has 0 saturated heterocycles. The molecular weight excluding hydrogens is 189 g/mol. The first-order valence-electron chi connectivity index (χ1n) is 2.08. The summed E-state index contributed by atoms with van der Waals surface area (Å²) in [5.41, 5.74) is 0. The van der Waals surface area contributed by atoms with Gasteiger partial charge in [0.2, 0.25) is 0 Å². The van der Waals surface area contributed by atoms with Crippen molar-refractivity contribution in [1.29, 1.82) is 0 Å². The normalized spacial score (nSPS) is 4.50. The van der Waals surface area contributed by atoms with Crippen molar-refractivity contribution in [3.05, 3.63) is 14.2 Å². The van der Waals surface area contributed by atoms with Crippen molar-refractivity contribution in [3.63, 3.8) is 0 Å². The predicted molar refractivity (Wildman–Crippen MR) is 46.1 cm³/mol. The summed E-state index contributed by atoms with van der Waals surface area (Å²) < 4.78 is 7.45. The van der Waals surface area contributed by atoms with Gasteiger partial charge in [0.1, 0.15) is 0 Å². The molecular formula is C5H12Mg2O5+2. The first-order valence-corrected chi connectivity index (χ1v) is 2.08. The quantitative estimate of drug-likeness (QED) is 0.304. The van der Waals surface area contributed by atoms with Gasteiger partial charge in [0.15, 0.2) is 0 Å². The van der Waals surface area contributed by atoms with Crippen LogP contribution in [0.25, 0.3) is 0 Å². The van der Waals surface area contributed by atoms with Crippen LogP contribution in [0.5, 0.6) is 0 Å². The molecule has 0 saturated carbocycles. The maximum Gasteiger partial charge on any atom is 2.00 e. The second kappa shape index (κ2) is 41.2. The third-order valence-corrected chi connectivity index (χ3v) is 0.236. The molecule has 0 atom stereocenters. The Kier molecular flexibility index (Phi) is 101. The molecule has 2 N–H and O–H groups in total. The number of carbonyl (C=O) groups excluding carboxylic acids is 1. The minimum absolute atomic E-state index is 0. The standard InChI is InChI=1S/C3H4O3.2CH4O.2Mg/c1-5-3(4)6-2;2*1-2;;/h1-2H2;2*2H,1H3;;/q-2;;;2*+2. The monoisotopic (exact) mass is 200 g/mol. The summed E-state index contributed by atoms with van der Waals surface area (Å²) in [6.07, 6.45) is -0.880. The van der Waals surface area contributed by atoms with E-state index in [1.54, 1.807) is 0 Å². The van der Waals surface area contributed by atoms with Gasteiger partial charge >= 0.3 is 52.3 Å². The summed E-state index contributed by atoms with van der Waals surface area (Å²) in [5.74, 6) is 0. The van der Waals surface area contributed by atoms with Gasteiger partial charge in [0, 0.05) is 14.2 Å². The van der Waals surface area contributed by atoms with E-state index in [0.29, 0.717) is 0 Å². The van der Waals surface area contributed by atoms with E-state index in [4.69, 9.17) is 10.2 Å². The fourth-order valence-electron chi connectivity index (χ4n) is 0.0417. The Morgan fingerprint density at radius 1 is 1.00 bits per heavy atom. The SMILES string of the molecule is CO.CO.[CH2-]OC(=O)O[CH2-].[Mg+2].[Mg+2]. The number of aliphatic hydroxyl groups is 2. The fourth-order valence-corrected chi connectivity index (χ4v) is 0.0417. The van der Waals surface area contributed by atoms with Crippen molar-refractivity contribution in [2.75, 3.05) is 14.2 Å². The van der Waals surface area contributed by atoms with E-state index in [-0.39, 0.29) is 46.1 Å². The minimum atomic E-state index is -0.880. The minimum Gasteiger partial charge on any atom is -0.611 e. The van der Waals surface area contributed by atoms with Gasteiger partial charge in [-0.1, -0.05) is 0 Å². The maximum atomic E-state index is 9.61. The van der Waals surface area contributed by atoms with Crippen molar-refractivity contribution < 1.29 is 24.5 Å². The van der Waals surface area contributed by atoms with Crippen LogP contribution in [-0.2, 0) is 9.47 Å². The largest absolute Gasteiger partial charge is 2.00 e. The molecule has 12 heavy (non-hydrogen) atoms. The van der Waals surface area contributed by atoms with Gasteiger partial charge in [-0.25, -0.2) is 4.79 Å². The van der Waals surface area contributed by atoms with Crippen molar-refractivity contribution in [2.24, 2.45) is 0 Å². The molecule has 0 rings (SSSR count). The molecule has 0 aromatic carbocycles. The second-order valence-corrected chi connectivity index (χ2v) is 0.539. The van der Waals surface area contributed by atoms with Crippen LogP contribution >= 0.6 is 0 Å². The summed E-state index contributed by atoms with van der Waals surface area (Å²) in [4.78, 5) is 9.61. The summed E-state index contributed by atoms with van der Waals surface area (Å²) in [6, 6.07) is 0.